The van der Waals surface area contributed by atoms with E-state index < -0.39 is 0 Å². The Labute approximate surface area is 218 Å². The van der Waals surface area contributed by atoms with Gasteiger partial charge in [-0.3, -0.25) is 4.79 Å². The van der Waals surface area contributed by atoms with Crippen LogP contribution in [-0.2, 0) is 17.8 Å². The number of carbonyl (C=O) groups is 1. The quantitative estimate of drug-likeness (QED) is 0.253. The lowest BCUT2D eigenvalue weighted by Gasteiger charge is -2.12. The number of methoxy groups -OCH3 is 1. The van der Waals surface area contributed by atoms with Gasteiger partial charge in [-0.05, 0) is 68.1 Å². The SMILES string of the molecule is COc1cccc(OCCCn2c(CCCNC(=O)COc3cc(C)ccc3C)nc3ccccc32)c1. The molecular formula is C30H35N3O4. The average molecular weight is 502 g/mol. The van der Waals surface area contributed by atoms with Crippen molar-refractivity contribution in [1.82, 2.24) is 14.9 Å². The molecule has 0 saturated carbocycles. The number of imidazole rings is 1. The first-order chi connectivity index (χ1) is 18.0. The van der Waals surface area contributed by atoms with E-state index in [2.05, 4.69) is 16.0 Å². The number of fused-ring (bicyclic) bond motifs is 1. The summed E-state index contributed by atoms with van der Waals surface area (Å²) in [4.78, 5) is 17.1. The van der Waals surface area contributed by atoms with Crippen molar-refractivity contribution in [3.63, 3.8) is 0 Å². The van der Waals surface area contributed by atoms with Crippen LogP contribution in [0, 0.1) is 13.8 Å². The molecular weight excluding hydrogens is 466 g/mol. The third-order valence-corrected chi connectivity index (χ3v) is 6.17. The van der Waals surface area contributed by atoms with Crippen molar-refractivity contribution in [3.8, 4) is 17.2 Å². The molecule has 1 heterocycles. The van der Waals surface area contributed by atoms with Crippen LogP contribution in [0.4, 0.5) is 0 Å². The first kappa shape index (κ1) is 26.1. The number of ether oxygens (including phenoxy) is 3. The fraction of sp³-hybridized carbons (Fsp3) is 0.333. The molecule has 0 aliphatic heterocycles. The van der Waals surface area contributed by atoms with Crippen molar-refractivity contribution >= 4 is 16.9 Å². The van der Waals surface area contributed by atoms with Gasteiger partial charge in [-0.1, -0.05) is 30.3 Å². The Morgan fingerprint density at radius 1 is 0.946 bits per heavy atom. The lowest BCUT2D eigenvalue weighted by atomic mass is 10.1. The molecule has 1 N–H and O–H groups in total. The van der Waals surface area contributed by atoms with Gasteiger partial charge in [0.1, 0.15) is 23.1 Å². The number of aryl methyl sites for hydroxylation is 4. The zero-order chi connectivity index (χ0) is 26.0. The van der Waals surface area contributed by atoms with Crippen LogP contribution in [0.2, 0.25) is 0 Å². The van der Waals surface area contributed by atoms with Gasteiger partial charge in [0, 0.05) is 25.6 Å². The van der Waals surface area contributed by atoms with Gasteiger partial charge in [-0.15, -0.1) is 0 Å². The molecule has 1 amide bonds. The van der Waals surface area contributed by atoms with Crippen LogP contribution in [-0.4, -0.2) is 42.3 Å². The predicted octanol–water partition coefficient (Wildman–Crippen LogP) is 5.26. The van der Waals surface area contributed by atoms with Gasteiger partial charge in [0.25, 0.3) is 5.91 Å². The molecule has 7 nitrogen and oxygen atoms in total. The summed E-state index contributed by atoms with van der Waals surface area (Å²) in [5, 5.41) is 2.96. The van der Waals surface area contributed by atoms with Crippen molar-refractivity contribution in [2.24, 2.45) is 0 Å². The zero-order valence-corrected chi connectivity index (χ0v) is 21.8. The van der Waals surface area contributed by atoms with Gasteiger partial charge in [0.05, 0.1) is 24.8 Å². The van der Waals surface area contributed by atoms with Gasteiger partial charge < -0.3 is 24.1 Å². The van der Waals surface area contributed by atoms with E-state index in [1.807, 2.05) is 74.5 Å². The largest absolute Gasteiger partial charge is 0.497 e. The minimum absolute atomic E-state index is 0.0100. The van der Waals surface area contributed by atoms with Gasteiger partial charge in [0.2, 0.25) is 0 Å². The second kappa shape index (κ2) is 12.8. The number of carbonyl (C=O) groups excluding carboxylic acids is 1. The third kappa shape index (κ3) is 7.26. The molecule has 37 heavy (non-hydrogen) atoms. The molecule has 3 aromatic carbocycles. The van der Waals surface area contributed by atoms with E-state index in [0.29, 0.717) is 13.2 Å². The van der Waals surface area contributed by atoms with Gasteiger partial charge in [-0.2, -0.15) is 0 Å². The molecule has 0 aliphatic carbocycles. The first-order valence-corrected chi connectivity index (χ1v) is 12.7. The van der Waals surface area contributed by atoms with E-state index in [9.17, 15) is 4.79 Å². The van der Waals surface area contributed by atoms with E-state index in [4.69, 9.17) is 19.2 Å². The Balaban J connectivity index is 1.26. The molecule has 194 valence electrons. The fourth-order valence-corrected chi connectivity index (χ4v) is 4.20. The van der Waals surface area contributed by atoms with Crippen molar-refractivity contribution in [2.45, 2.75) is 39.7 Å². The highest BCUT2D eigenvalue weighted by Gasteiger charge is 2.11. The predicted molar refractivity (Wildman–Crippen MR) is 146 cm³/mol. The van der Waals surface area contributed by atoms with Crippen LogP contribution < -0.4 is 19.5 Å². The van der Waals surface area contributed by atoms with E-state index in [0.717, 1.165) is 71.0 Å². The molecule has 0 bridgehead atoms. The maximum Gasteiger partial charge on any atom is 0.257 e. The normalized spacial score (nSPS) is 10.9. The first-order valence-electron chi connectivity index (χ1n) is 12.7. The van der Waals surface area contributed by atoms with Crippen molar-refractivity contribution < 1.29 is 19.0 Å². The molecule has 0 saturated heterocycles. The lowest BCUT2D eigenvalue weighted by Crippen LogP contribution is -2.30. The van der Waals surface area contributed by atoms with E-state index in [1.165, 1.54) is 0 Å². The molecule has 0 fully saturated rings. The Hall–Kier alpha value is -4.00. The number of amides is 1. The van der Waals surface area contributed by atoms with E-state index in [1.54, 1.807) is 7.11 Å². The summed E-state index contributed by atoms with van der Waals surface area (Å²) in [5.74, 6) is 3.23. The summed E-state index contributed by atoms with van der Waals surface area (Å²) in [6.07, 6.45) is 2.40. The average Bonchev–Trinajstić information content (AvgIpc) is 3.27. The summed E-state index contributed by atoms with van der Waals surface area (Å²) in [6, 6.07) is 21.8. The zero-order valence-electron chi connectivity index (χ0n) is 21.8. The maximum atomic E-state index is 12.3. The van der Waals surface area contributed by atoms with Crippen LogP contribution in [0.3, 0.4) is 0 Å². The van der Waals surface area contributed by atoms with Crippen LogP contribution in [0.5, 0.6) is 17.2 Å². The Bertz CT molecular complexity index is 1330. The second-order valence-electron chi connectivity index (χ2n) is 9.06. The molecule has 7 heteroatoms. The molecule has 0 unspecified atom stereocenters. The number of aromatic nitrogens is 2. The van der Waals surface area contributed by atoms with E-state index in [-0.39, 0.29) is 12.5 Å². The highest BCUT2D eigenvalue weighted by Crippen LogP contribution is 2.21. The number of hydrogen-bond donors (Lipinski definition) is 1. The third-order valence-electron chi connectivity index (χ3n) is 6.17. The van der Waals surface area contributed by atoms with Crippen LogP contribution in [0.25, 0.3) is 11.0 Å². The highest BCUT2D eigenvalue weighted by atomic mass is 16.5. The molecule has 0 atom stereocenters. The van der Waals surface area contributed by atoms with Gasteiger partial charge in [-0.25, -0.2) is 4.98 Å². The minimum atomic E-state index is -0.121. The number of nitrogens with one attached hydrogen (secondary N) is 1. The standard InChI is InChI=1S/C30H35N3O4/c1-22-14-15-23(2)28(19-22)37-21-30(34)31-16-7-13-29-32-26-11-4-5-12-27(26)33(29)17-8-18-36-25-10-6-9-24(20-25)35-3/h4-6,9-12,14-15,19-20H,7-8,13,16-18,21H2,1-3H3,(H,31,34). The Morgan fingerprint density at radius 3 is 2.65 bits per heavy atom. The van der Waals surface area contributed by atoms with Crippen LogP contribution in [0.1, 0.15) is 29.8 Å². The van der Waals surface area contributed by atoms with Crippen LogP contribution in [0.15, 0.2) is 66.7 Å². The molecule has 4 aromatic rings. The van der Waals surface area contributed by atoms with Crippen molar-refractivity contribution in [2.75, 3.05) is 26.9 Å². The topological polar surface area (TPSA) is 74.6 Å². The maximum absolute atomic E-state index is 12.3. The summed E-state index contributed by atoms with van der Waals surface area (Å²) < 4.78 is 19.1. The molecule has 1 aromatic heterocycles. The van der Waals surface area contributed by atoms with Gasteiger partial charge in [0.15, 0.2) is 6.61 Å². The Morgan fingerprint density at radius 2 is 1.78 bits per heavy atom. The lowest BCUT2D eigenvalue weighted by molar-refractivity contribution is -0.123. The second-order valence-corrected chi connectivity index (χ2v) is 9.06. The minimum Gasteiger partial charge on any atom is -0.497 e. The fourth-order valence-electron chi connectivity index (χ4n) is 4.20. The summed E-state index contributed by atoms with van der Waals surface area (Å²) in [6.45, 7) is 5.95. The van der Waals surface area contributed by atoms with E-state index >= 15 is 0 Å². The molecule has 0 radical (unpaired) electrons. The monoisotopic (exact) mass is 501 g/mol. The molecule has 0 spiro atoms. The smallest absolute Gasteiger partial charge is 0.257 e. The van der Waals surface area contributed by atoms with Crippen molar-refractivity contribution in [1.29, 1.82) is 0 Å². The number of hydrogen-bond acceptors (Lipinski definition) is 5. The summed E-state index contributed by atoms with van der Waals surface area (Å²) >= 11 is 0. The van der Waals surface area contributed by atoms with Gasteiger partial charge >= 0.3 is 0 Å². The highest BCUT2D eigenvalue weighted by molar-refractivity contribution is 5.77. The van der Waals surface area contributed by atoms with Crippen LogP contribution >= 0.6 is 0 Å². The Kier molecular flexibility index (Phi) is 9.03. The molecule has 0 aliphatic rings. The van der Waals surface area contributed by atoms with Crippen molar-refractivity contribution in [3.05, 3.63) is 83.7 Å². The summed E-state index contributed by atoms with van der Waals surface area (Å²) in [7, 11) is 1.65. The number of para-hydroxylation sites is 2. The summed E-state index contributed by atoms with van der Waals surface area (Å²) in [5.41, 5.74) is 4.23. The number of nitrogens with zero attached hydrogens (tertiary/aromatic N) is 2. The molecule has 4 rings (SSSR count). The number of rotatable bonds is 13. The number of benzene rings is 3.